The van der Waals surface area contributed by atoms with Gasteiger partial charge in [0.05, 0.1) is 4.99 Å². The lowest BCUT2D eigenvalue weighted by Crippen LogP contribution is -2.40. The monoisotopic (exact) mass is 302 g/mol. The summed E-state index contributed by atoms with van der Waals surface area (Å²) in [7, 11) is 0. The van der Waals surface area contributed by atoms with Gasteiger partial charge < -0.3 is 5.73 Å². The predicted molar refractivity (Wildman–Crippen MR) is 81.2 cm³/mol. The van der Waals surface area contributed by atoms with Crippen LogP contribution in [0.2, 0.25) is 10.0 Å². The highest BCUT2D eigenvalue weighted by Crippen LogP contribution is 2.24. The molecule has 1 heterocycles. The van der Waals surface area contributed by atoms with Crippen LogP contribution in [0.25, 0.3) is 0 Å². The molecule has 1 aromatic rings. The van der Waals surface area contributed by atoms with E-state index in [-0.39, 0.29) is 0 Å². The van der Waals surface area contributed by atoms with Crippen molar-refractivity contribution in [1.29, 1.82) is 0 Å². The number of hydrogen-bond donors (Lipinski definition) is 1. The van der Waals surface area contributed by atoms with Crippen LogP contribution < -0.4 is 5.73 Å². The first kappa shape index (κ1) is 14.1. The van der Waals surface area contributed by atoms with Crippen LogP contribution in [-0.4, -0.2) is 23.0 Å². The number of likely N-dealkylation sites (tertiary alicyclic amines) is 1. The minimum Gasteiger partial charge on any atom is -0.393 e. The van der Waals surface area contributed by atoms with Crippen molar-refractivity contribution in [3.8, 4) is 0 Å². The number of halogens is 2. The third kappa shape index (κ3) is 3.58. The molecule has 1 saturated heterocycles. The molecule has 2 rings (SSSR count). The molecule has 0 spiro atoms. The van der Waals surface area contributed by atoms with Crippen LogP contribution in [0.1, 0.15) is 18.4 Å². The van der Waals surface area contributed by atoms with Crippen LogP contribution in [-0.2, 0) is 6.54 Å². The van der Waals surface area contributed by atoms with Crippen molar-refractivity contribution >= 4 is 40.4 Å². The maximum Gasteiger partial charge on any atom is 0.0771 e. The zero-order valence-electron chi connectivity index (χ0n) is 10.0. The number of thiocarbonyl (C=S) groups is 1. The summed E-state index contributed by atoms with van der Waals surface area (Å²) in [6.45, 7) is 2.82. The quantitative estimate of drug-likeness (QED) is 0.867. The molecule has 1 fully saturated rings. The normalized spacial score (nSPS) is 20.9. The van der Waals surface area contributed by atoms with Crippen LogP contribution >= 0.6 is 35.4 Å². The van der Waals surface area contributed by atoms with Crippen LogP contribution in [0.15, 0.2) is 18.2 Å². The van der Waals surface area contributed by atoms with E-state index in [2.05, 4.69) is 4.90 Å². The van der Waals surface area contributed by atoms with E-state index in [1.165, 1.54) is 0 Å². The predicted octanol–water partition coefficient (Wildman–Crippen LogP) is 3.49. The number of nitrogens with two attached hydrogens (primary N) is 1. The van der Waals surface area contributed by atoms with Gasteiger partial charge in [0.25, 0.3) is 0 Å². The summed E-state index contributed by atoms with van der Waals surface area (Å²) in [5.41, 5.74) is 6.84. The molecule has 0 amide bonds. The average Bonchev–Trinajstić information content (AvgIpc) is 2.33. The summed E-state index contributed by atoms with van der Waals surface area (Å²) in [5.74, 6) is 0.333. The van der Waals surface area contributed by atoms with Crippen molar-refractivity contribution in [2.45, 2.75) is 19.4 Å². The number of nitrogens with zero attached hydrogens (tertiary/aromatic N) is 1. The molecule has 0 radical (unpaired) electrons. The summed E-state index contributed by atoms with van der Waals surface area (Å²) in [4.78, 5) is 2.98. The molecule has 0 saturated carbocycles. The van der Waals surface area contributed by atoms with Crippen molar-refractivity contribution < 1.29 is 0 Å². The minimum atomic E-state index is 0.333. The van der Waals surface area contributed by atoms with Crippen molar-refractivity contribution in [2.75, 3.05) is 13.1 Å². The molecule has 1 unspecified atom stereocenters. The molecule has 0 aromatic heterocycles. The highest BCUT2D eigenvalue weighted by atomic mass is 35.5. The van der Waals surface area contributed by atoms with E-state index < -0.39 is 0 Å². The molecule has 2 nitrogen and oxygen atoms in total. The Labute approximate surface area is 123 Å². The summed E-state index contributed by atoms with van der Waals surface area (Å²) >= 11 is 17.2. The molecule has 1 aliphatic rings. The van der Waals surface area contributed by atoms with Gasteiger partial charge in [0.1, 0.15) is 0 Å². The van der Waals surface area contributed by atoms with Gasteiger partial charge in [0.15, 0.2) is 0 Å². The smallest absolute Gasteiger partial charge is 0.0771 e. The Hall–Kier alpha value is -0.350. The van der Waals surface area contributed by atoms with Gasteiger partial charge >= 0.3 is 0 Å². The van der Waals surface area contributed by atoms with E-state index in [9.17, 15) is 0 Å². The van der Waals surface area contributed by atoms with Gasteiger partial charge in [-0.2, -0.15) is 0 Å². The first-order chi connectivity index (χ1) is 8.56. The Morgan fingerprint density at radius 1 is 1.44 bits per heavy atom. The third-order valence-electron chi connectivity index (χ3n) is 3.32. The zero-order valence-corrected chi connectivity index (χ0v) is 12.4. The zero-order chi connectivity index (χ0) is 13.1. The summed E-state index contributed by atoms with van der Waals surface area (Å²) < 4.78 is 0. The lowest BCUT2D eigenvalue weighted by atomic mass is 9.97. The van der Waals surface area contributed by atoms with Gasteiger partial charge in [-0.05, 0) is 37.1 Å². The van der Waals surface area contributed by atoms with E-state index in [1.54, 1.807) is 6.07 Å². The van der Waals surface area contributed by atoms with Crippen molar-refractivity contribution in [2.24, 2.45) is 11.7 Å². The minimum absolute atomic E-state index is 0.333. The molecule has 0 bridgehead atoms. The third-order valence-corrected chi connectivity index (χ3v) is 4.24. The van der Waals surface area contributed by atoms with E-state index in [1.807, 2.05) is 12.1 Å². The Kier molecular flexibility index (Phi) is 4.84. The fraction of sp³-hybridized carbons (Fsp3) is 0.462. The number of piperidine rings is 1. The van der Waals surface area contributed by atoms with Gasteiger partial charge in [-0.3, -0.25) is 4.90 Å². The van der Waals surface area contributed by atoms with Gasteiger partial charge in [-0.25, -0.2) is 0 Å². The second-order valence-electron chi connectivity index (χ2n) is 4.71. The van der Waals surface area contributed by atoms with E-state index in [0.717, 1.165) is 43.1 Å². The van der Waals surface area contributed by atoms with Crippen LogP contribution in [0.5, 0.6) is 0 Å². The number of hydrogen-bond acceptors (Lipinski definition) is 2. The van der Waals surface area contributed by atoms with Gasteiger partial charge in [-0.1, -0.05) is 41.5 Å². The first-order valence-corrected chi connectivity index (χ1v) is 7.18. The highest BCUT2D eigenvalue weighted by Gasteiger charge is 2.22. The Bertz CT molecular complexity index is 451. The van der Waals surface area contributed by atoms with Gasteiger partial charge in [-0.15, -0.1) is 0 Å². The number of rotatable bonds is 3. The van der Waals surface area contributed by atoms with Crippen molar-refractivity contribution in [1.82, 2.24) is 4.90 Å². The van der Waals surface area contributed by atoms with Crippen LogP contribution in [0, 0.1) is 5.92 Å². The Balaban J connectivity index is 2.02. The molecular formula is C13H16Cl2N2S. The topological polar surface area (TPSA) is 29.3 Å². The lowest BCUT2D eigenvalue weighted by molar-refractivity contribution is 0.197. The molecule has 0 aliphatic carbocycles. The molecule has 1 aromatic carbocycles. The molecular weight excluding hydrogens is 287 g/mol. The lowest BCUT2D eigenvalue weighted by Gasteiger charge is -2.32. The second kappa shape index (κ2) is 6.20. The van der Waals surface area contributed by atoms with E-state index in [0.29, 0.717) is 15.9 Å². The van der Waals surface area contributed by atoms with Crippen molar-refractivity contribution in [3.63, 3.8) is 0 Å². The molecule has 98 valence electrons. The fourth-order valence-corrected chi connectivity index (χ4v) is 2.98. The standard InChI is InChI=1S/C13H16Cl2N2S/c14-11-4-3-9(12(15)6-11)7-17-5-1-2-10(8-17)13(16)18/h3-4,6,10H,1-2,5,7-8H2,(H2,16,18). The molecule has 1 aliphatic heterocycles. The number of benzene rings is 1. The Morgan fingerprint density at radius 2 is 2.22 bits per heavy atom. The average molecular weight is 303 g/mol. The highest BCUT2D eigenvalue weighted by molar-refractivity contribution is 7.80. The SMILES string of the molecule is NC(=S)C1CCCN(Cc2ccc(Cl)cc2Cl)C1. The van der Waals surface area contributed by atoms with E-state index in [4.69, 9.17) is 41.2 Å². The molecule has 1 atom stereocenters. The fourth-order valence-electron chi connectivity index (χ4n) is 2.32. The maximum atomic E-state index is 6.19. The second-order valence-corrected chi connectivity index (χ2v) is 6.03. The molecule has 5 heteroatoms. The largest absolute Gasteiger partial charge is 0.393 e. The van der Waals surface area contributed by atoms with Crippen LogP contribution in [0.3, 0.4) is 0 Å². The first-order valence-electron chi connectivity index (χ1n) is 6.02. The summed E-state index contributed by atoms with van der Waals surface area (Å²) in [6, 6.07) is 5.64. The molecule has 2 N–H and O–H groups in total. The molecule has 18 heavy (non-hydrogen) atoms. The van der Waals surface area contributed by atoms with Crippen LogP contribution in [0.4, 0.5) is 0 Å². The summed E-state index contributed by atoms with van der Waals surface area (Å²) in [5, 5.41) is 1.39. The van der Waals surface area contributed by atoms with Gasteiger partial charge in [0, 0.05) is 29.1 Å². The van der Waals surface area contributed by atoms with Crippen molar-refractivity contribution in [3.05, 3.63) is 33.8 Å². The van der Waals surface area contributed by atoms with E-state index >= 15 is 0 Å². The Morgan fingerprint density at radius 3 is 2.89 bits per heavy atom. The maximum absolute atomic E-state index is 6.19. The summed E-state index contributed by atoms with van der Waals surface area (Å²) in [6.07, 6.45) is 2.23. The van der Waals surface area contributed by atoms with Gasteiger partial charge in [0.2, 0.25) is 0 Å².